The first kappa shape index (κ1) is 31.9. The molecule has 0 amide bonds. The van der Waals surface area contributed by atoms with Crippen molar-refractivity contribution in [2.45, 2.75) is 44.7 Å². The molecule has 4 fully saturated rings. The van der Waals surface area contributed by atoms with Gasteiger partial charge in [0.25, 0.3) is 0 Å². The summed E-state index contributed by atoms with van der Waals surface area (Å²) in [6.45, 7) is 9.23. The third-order valence-corrected chi connectivity index (χ3v) is 16.6. The third kappa shape index (κ3) is 6.66. The Bertz CT molecular complexity index is 1970. The van der Waals surface area contributed by atoms with Gasteiger partial charge < -0.3 is 10.1 Å². The zero-order valence-electron chi connectivity index (χ0n) is 26.7. The van der Waals surface area contributed by atoms with Crippen LogP contribution in [-0.2, 0) is 16.5 Å². The van der Waals surface area contributed by atoms with Crippen molar-refractivity contribution >= 4 is 66.4 Å². The van der Waals surface area contributed by atoms with E-state index in [9.17, 15) is 5.11 Å². The number of nitrogens with zero attached hydrogens (tertiary/aromatic N) is 4. The molecule has 1 aliphatic carbocycles. The Morgan fingerprint density at radius 1 is 1.11 bits per heavy atom. The molecule has 8 nitrogen and oxygen atoms in total. The van der Waals surface area contributed by atoms with Gasteiger partial charge in [-0.2, -0.15) is 0 Å². The first-order valence-corrected chi connectivity index (χ1v) is 26.9. The molecule has 4 heterocycles. The molecule has 4 aliphatic rings. The first-order chi connectivity index (χ1) is 23.0. The van der Waals surface area contributed by atoms with Crippen molar-refractivity contribution < 1.29 is 14.6 Å². The molecular weight excluding hydrogens is 818 g/mol. The standard InChI is InChI=1S/C36H38N5O3.PS.Tl/c1-3-24-5-4-6-25-17-28(42)18-31(32(24)25)29-9-10-30-33(23(29)2)38-35(39-34(30)41-19-26-7-8-27(20-41)37-26)44-22-36(11-12-36)21-40-13-15-43-16-14-40;1-2;/h4-6,9-10,17-18,26-27,37,42H,7-8,11-16,19-22H2,2H3;;/q;-1;+2. The maximum absolute atomic E-state index is 10.9. The monoisotopic (exact) mass is 856 g/mol. The molecule has 2 atom stereocenters. The molecule has 11 heteroatoms. The van der Waals surface area contributed by atoms with E-state index in [1.165, 1.54) is 25.7 Å². The summed E-state index contributed by atoms with van der Waals surface area (Å²) in [4.78, 5) is 15.2. The molecule has 238 valence electrons. The summed E-state index contributed by atoms with van der Waals surface area (Å²) in [6.07, 6.45) is 4.74. The molecule has 0 radical (unpaired) electrons. The SMILES string of the molecule is Cc1c(-c2cc(O)cc3cccc(C#[C][Tl]=[P+]=S)c23)ccc2c(N3CC4CCC(C3)N4)nc(OCC3(CN4CCOCC4)CC3)nc12. The number of aromatic hydroxyl groups is 1. The van der Waals surface area contributed by atoms with Crippen molar-refractivity contribution in [3.05, 3.63) is 53.6 Å². The van der Waals surface area contributed by atoms with Gasteiger partial charge >= 0.3 is 204 Å². The van der Waals surface area contributed by atoms with Gasteiger partial charge in [0.15, 0.2) is 0 Å². The molecule has 3 aromatic carbocycles. The Hall–Kier alpha value is -2.33. The first-order valence-electron chi connectivity index (χ1n) is 16.7. The van der Waals surface area contributed by atoms with Crippen LogP contribution in [0.4, 0.5) is 5.82 Å². The number of hydrogen-bond donors (Lipinski definition) is 2. The van der Waals surface area contributed by atoms with Crippen LogP contribution >= 0.6 is 4.00 Å². The predicted octanol–water partition coefficient (Wildman–Crippen LogP) is 5.23. The summed E-state index contributed by atoms with van der Waals surface area (Å²) in [5.74, 6) is 4.63. The van der Waals surface area contributed by atoms with Crippen LogP contribution in [0, 0.1) is 21.7 Å². The summed E-state index contributed by atoms with van der Waals surface area (Å²) < 4.78 is 16.6. The maximum atomic E-state index is 10.9. The molecular formula is C36H38N5O3PSTl+. The summed E-state index contributed by atoms with van der Waals surface area (Å²) in [5.41, 5.74) is 5.06. The Kier molecular flexibility index (Phi) is 9.18. The quantitative estimate of drug-likeness (QED) is 0.148. The van der Waals surface area contributed by atoms with Gasteiger partial charge in [0.05, 0.1) is 13.2 Å². The van der Waals surface area contributed by atoms with E-state index < -0.39 is 23.1 Å². The fourth-order valence-electron chi connectivity index (χ4n) is 7.70. The van der Waals surface area contributed by atoms with E-state index in [1.807, 2.05) is 24.3 Å². The topological polar surface area (TPSA) is 83.0 Å². The number of rotatable bonds is 7. The average Bonchev–Trinajstić information content (AvgIpc) is 3.77. The second-order valence-electron chi connectivity index (χ2n) is 13.6. The number of piperazine rings is 1. The van der Waals surface area contributed by atoms with Crippen molar-refractivity contribution in [2.24, 2.45) is 5.41 Å². The molecule has 1 saturated carbocycles. The Morgan fingerprint density at radius 2 is 1.91 bits per heavy atom. The van der Waals surface area contributed by atoms with Gasteiger partial charge in [-0.25, -0.2) is 0 Å². The van der Waals surface area contributed by atoms with Crippen molar-refractivity contribution in [3.8, 4) is 32.3 Å². The van der Waals surface area contributed by atoms with E-state index in [4.69, 9.17) is 31.2 Å². The molecule has 2 bridgehead atoms. The molecule has 8 rings (SSSR count). The van der Waals surface area contributed by atoms with Crippen LogP contribution in [0.3, 0.4) is 0 Å². The second-order valence-corrected chi connectivity index (χ2v) is 26.2. The summed E-state index contributed by atoms with van der Waals surface area (Å²) in [7, 11) is 0. The number of benzene rings is 3. The van der Waals surface area contributed by atoms with E-state index in [1.54, 1.807) is 0 Å². The van der Waals surface area contributed by atoms with Gasteiger partial charge in [0, 0.05) is 37.1 Å². The Labute approximate surface area is 292 Å². The van der Waals surface area contributed by atoms with Crippen LogP contribution in [-0.4, -0.2) is 108 Å². The van der Waals surface area contributed by atoms with E-state index in [-0.39, 0.29) is 11.2 Å². The summed E-state index contributed by atoms with van der Waals surface area (Å²) in [5, 5.41) is 17.7. The number of anilines is 1. The number of hydrogen-bond acceptors (Lipinski definition) is 9. The van der Waals surface area contributed by atoms with Crippen molar-refractivity contribution in [1.29, 1.82) is 0 Å². The number of aryl methyl sites for hydroxylation is 1. The van der Waals surface area contributed by atoms with Gasteiger partial charge in [-0.3, -0.25) is 4.90 Å². The molecule has 0 spiro atoms. The van der Waals surface area contributed by atoms with Crippen molar-refractivity contribution in [3.63, 3.8) is 0 Å². The Balaban J connectivity index is 1.22. The van der Waals surface area contributed by atoms with E-state index in [0.717, 1.165) is 99.7 Å². The van der Waals surface area contributed by atoms with Crippen LogP contribution < -0.4 is 15.0 Å². The van der Waals surface area contributed by atoms with Crippen LogP contribution in [0.1, 0.15) is 36.8 Å². The van der Waals surface area contributed by atoms with Crippen LogP contribution in [0.15, 0.2) is 42.5 Å². The predicted molar refractivity (Wildman–Crippen MR) is 192 cm³/mol. The summed E-state index contributed by atoms with van der Waals surface area (Å²) >= 11 is 3.95. The third-order valence-electron chi connectivity index (χ3n) is 10.3. The zero-order chi connectivity index (χ0) is 32.0. The molecule has 47 heavy (non-hydrogen) atoms. The molecule has 4 aromatic rings. The van der Waals surface area contributed by atoms with E-state index >= 15 is 0 Å². The molecule has 2 unspecified atom stereocenters. The number of morpholine rings is 1. The number of phenolic OH excluding ortho intramolecular Hbond substituents is 1. The van der Waals surface area contributed by atoms with Gasteiger partial charge in [0.2, 0.25) is 0 Å². The molecule has 3 saturated heterocycles. The molecule has 3 aliphatic heterocycles. The minimum absolute atomic E-state index is 0.161. The number of ether oxygens (including phenoxy) is 2. The van der Waals surface area contributed by atoms with Gasteiger partial charge in [-0.1, -0.05) is 0 Å². The number of aromatic nitrogens is 2. The van der Waals surface area contributed by atoms with Gasteiger partial charge in [0.1, 0.15) is 0 Å². The fourth-order valence-corrected chi connectivity index (χ4v) is 11.2. The van der Waals surface area contributed by atoms with Crippen molar-refractivity contribution in [1.82, 2.24) is 20.2 Å². The van der Waals surface area contributed by atoms with Crippen LogP contribution in [0.2, 0.25) is 0 Å². The molecule has 2 N–H and O–H groups in total. The Morgan fingerprint density at radius 3 is 2.68 bits per heavy atom. The van der Waals surface area contributed by atoms with Gasteiger partial charge in [-0.15, -0.1) is 0 Å². The van der Waals surface area contributed by atoms with Crippen molar-refractivity contribution in [2.75, 3.05) is 57.4 Å². The van der Waals surface area contributed by atoms with E-state index in [2.05, 4.69) is 49.6 Å². The fraction of sp³-hybridized carbons (Fsp3) is 0.444. The van der Waals surface area contributed by atoms with Gasteiger partial charge in [-0.05, 0) is 25.7 Å². The number of nitrogens with one attached hydrogen (secondary N) is 1. The molecule has 1 aromatic heterocycles. The van der Waals surface area contributed by atoms with Crippen LogP contribution in [0.25, 0.3) is 32.8 Å². The number of phenols is 1. The average molecular weight is 856 g/mol. The second kappa shape index (κ2) is 13.5. The number of fused-ring (bicyclic) bond motifs is 4. The summed E-state index contributed by atoms with van der Waals surface area (Å²) in [6, 6.07) is 15.6. The van der Waals surface area contributed by atoms with Crippen LogP contribution in [0.5, 0.6) is 11.8 Å². The van der Waals surface area contributed by atoms with E-state index in [0.29, 0.717) is 24.7 Å². The zero-order valence-corrected chi connectivity index (χ0v) is 32.9. The minimum atomic E-state index is -1.25. The normalized spacial score (nSPS) is 21.7.